The van der Waals surface area contributed by atoms with Gasteiger partial charge in [-0.1, -0.05) is 11.6 Å². The molecule has 0 fully saturated rings. The number of hydrogen-bond donors (Lipinski definition) is 2. The molecule has 0 heterocycles. The van der Waals surface area contributed by atoms with E-state index in [1.54, 1.807) is 0 Å². The summed E-state index contributed by atoms with van der Waals surface area (Å²) in [5.74, 6) is -0.718. The van der Waals surface area contributed by atoms with Gasteiger partial charge in [0.2, 0.25) is 0 Å². The highest BCUT2D eigenvalue weighted by Crippen LogP contribution is 2.19. The molecular weight excluding hydrogens is 197 g/mol. The van der Waals surface area contributed by atoms with Gasteiger partial charge in [0.15, 0.2) is 11.6 Å². The van der Waals surface area contributed by atoms with Gasteiger partial charge in [-0.05, 0) is 6.07 Å². The van der Waals surface area contributed by atoms with Crippen molar-refractivity contribution in [2.75, 3.05) is 7.11 Å². The van der Waals surface area contributed by atoms with E-state index in [2.05, 4.69) is 4.74 Å². The molecule has 0 radical (unpaired) electrons. The van der Waals surface area contributed by atoms with Gasteiger partial charge in [0, 0.05) is 16.6 Å². The number of benzene rings is 1. The molecule has 2 N–H and O–H groups in total. The molecule has 6 heteroatoms. The molecule has 0 aliphatic heterocycles. The van der Waals surface area contributed by atoms with Crippen molar-refractivity contribution in [1.82, 2.24) is 0 Å². The van der Waals surface area contributed by atoms with Gasteiger partial charge < -0.3 is 14.8 Å². The van der Waals surface area contributed by atoms with E-state index in [1.807, 2.05) is 0 Å². The maximum Gasteiger partial charge on any atom is 0.490 e. The first kappa shape index (κ1) is 10.3. The second-order valence-corrected chi connectivity index (χ2v) is 2.79. The lowest BCUT2D eigenvalue weighted by atomic mass is 9.80. The third-order valence-electron chi connectivity index (χ3n) is 1.55. The van der Waals surface area contributed by atoms with Gasteiger partial charge in [-0.2, -0.15) is 0 Å². The van der Waals surface area contributed by atoms with E-state index in [9.17, 15) is 4.39 Å². The third kappa shape index (κ3) is 2.12. The summed E-state index contributed by atoms with van der Waals surface area (Å²) in [5.41, 5.74) is -0.0834. The quantitative estimate of drug-likeness (QED) is 0.675. The molecule has 0 aliphatic carbocycles. The third-order valence-corrected chi connectivity index (χ3v) is 1.88. The molecule has 0 aliphatic rings. The van der Waals surface area contributed by atoms with Crippen LogP contribution in [-0.4, -0.2) is 24.3 Å². The van der Waals surface area contributed by atoms with E-state index in [0.29, 0.717) is 0 Å². The lowest BCUT2D eigenvalue weighted by Gasteiger charge is -2.06. The standard InChI is InChI=1S/C7H7BClFO3/c1-13-7-3-5(9)4(8(11)12)2-6(7)10/h2-3,11-12H,1H3. The van der Waals surface area contributed by atoms with Gasteiger partial charge in [-0.3, -0.25) is 0 Å². The maximum atomic E-state index is 13.0. The fourth-order valence-corrected chi connectivity index (χ4v) is 1.15. The predicted molar refractivity (Wildman–Crippen MR) is 47.8 cm³/mol. The van der Waals surface area contributed by atoms with Crippen molar-refractivity contribution in [2.45, 2.75) is 0 Å². The molecule has 1 aromatic carbocycles. The Balaban J connectivity index is 3.20. The van der Waals surface area contributed by atoms with Crippen molar-refractivity contribution in [3.63, 3.8) is 0 Å². The fourth-order valence-electron chi connectivity index (χ4n) is 0.898. The van der Waals surface area contributed by atoms with Crippen molar-refractivity contribution in [1.29, 1.82) is 0 Å². The first-order valence-electron chi connectivity index (χ1n) is 3.45. The Labute approximate surface area is 79.9 Å². The van der Waals surface area contributed by atoms with Crippen LogP contribution in [0.25, 0.3) is 0 Å². The smallest absolute Gasteiger partial charge is 0.490 e. The number of halogens is 2. The topological polar surface area (TPSA) is 49.7 Å². The lowest BCUT2D eigenvalue weighted by Crippen LogP contribution is -2.31. The zero-order valence-corrected chi connectivity index (χ0v) is 7.55. The molecular formula is C7H7BClFO3. The van der Waals surface area contributed by atoms with Crippen LogP contribution >= 0.6 is 11.6 Å². The van der Waals surface area contributed by atoms with Crippen LogP contribution in [0.3, 0.4) is 0 Å². The van der Waals surface area contributed by atoms with Gasteiger partial charge in [0.05, 0.1) is 7.11 Å². The van der Waals surface area contributed by atoms with Gasteiger partial charge in [0.25, 0.3) is 0 Å². The molecule has 0 atom stereocenters. The first-order chi connectivity index (χ1) is 6.06. The summed E-state index contributed by atoms with van der Waals surface area (Å²) in [7, 11) is -0.489. The highest BCUT2D eigenvalue weighted by Gasteiger charge is 2.18. The Bertz CT molecular complexity index is 319. The van der Waals surface area contributed by atoms with Crippen LogP contribution in [-0.2, 0) is 0 Å². The molecule has 0 spiro atoms. The average Bonchev–Trinajstić information content (AvgIpc) is 2.07. The van der Waals surface area contributed by atoms with E-state index < -0.39 is 12.9 Å². The van der Waals surface area contributed by atoms with Crippen LogP contribution in [0.5, 0.6) is 5.75 Å². The molecule has 0 unspecified atom stereocenters. The minimum Gasteiger partial charge on any atom is -0.494 e. The summed E-state index contributed by atoms with van der Waals surface area (Å²) in [6.45, 7) is 0. The van der Waals surface area contributed by atoms with Crippen LogP contribution < -0.4 is 10.2 Å². The molecule has 0 saturated heterocycles. The van der Waals surface area contributed by atoms with Gasteiger partial charge in [-0.15, -0.1) is 0 Å². The predicted octanol–water partition coefficient (Wildman–Crippen LogP) is 0.168. The molecule has 0 saturated carbocycles. The van der Waals surface area contributed by atoms with Crippen molar-refractivity contribution < 1.29 is 19.2 Å². The monoisotopic (exact) mass is 204 g/mol. The SMILES string of the molecule is COc1cc(Cl)c(B(O)O)cc1F. The normalized spacial score (nSPS) is 9.92. The molecule has 0 aromatic heterocycles. The first-order valence-corrected chi connectivity index (χ1v) is 3.83. The largest absolute Gasteiger partial charge is 0.494 e. The Hall–Kier alpha value is -0.775. The molecule has 0 amide bonds. The van der Waals surface area contributed by atoms with Crippen molar-refractivity contribution >= 4 is 24.2 Å². The molecule has 13 heavy (non-hydrogen) atoms. The maximum absolute atomic E-state index is 13.0. The molecule has 1 aromatic rings. The minimum atomic E-state index is -1.78. The van der Waals surface area contributed by atoms with E-state index in [-0.39, 0.29) is 16.2 Å². The highest BCUT2D eigenvalue weighted by molar-refractivity contribution is 6.62. The van der Waals surface area contributed by atoms with Crippen molar-refractivity contribution in [3.8, 4) is 5.75 Å². The fraction of sp³-hybridized carbons (Fsp3) is 0.143. The number of rotatable bonds is 2. The summed E-state index contributed by atoms with van der Waals surface area (Å²) in [6.07, 6.45) is 0. The highest BCUT2D eigenvalue weighted by atomic mass is 35.5. The van der Waals surface area contributed by atoms with Crippen LogP contribution in [0.4, 0.5) is 4.39 Å². The summed E-state index contributed by atoms with van der Waals surface area (Å²) >= 11 is 5.61. The summed E-state index contributed by atoms with van der Waals surface area (Å²) in [6, 6.07) is 2.11. The van der Waals surface area contributed by atoms with Crippen LogP contribution in [0.1, 0.15) is 0 Å². The molecule has 0 bridgehead atoms. The van der Waals surface area contributed by atoms with Crippen molar-refractivity contribution in [2.24, 2.45) is 0 Å². The summed E-state index contributed by atoms with van der Waals surface area (Å²) in [5, 5.41) is 17.6. The van der Waals surface area contributed by atoms with Crippen LogP contribution in [0.2, 0.25) is 5.02 Å². The van der Waals surface area contributed by atoms with Crippen LogP contribution in [0.15, 0.2) is 12.1 Å². The molecule has 3 nitrogen and oxygen atoms in total. The zero-order valence-electron chi connectivity index (χ0n) is 6.79. The second kappa shape index (κ2) is 3.96. The Kier molecular flexibility index (Phi) is 3.14. The Morgan fingerprint density at radius 3 is 2.54 bits per heavy atom. The Morgan fingerprint density at radius 1 is 1.46 bits per heavy atom. The summed E-state index contributed by atoms with van der Waals surface area (Å²) < 4.78 is 17.6. The van der Waals surface area contributed by atoms with Gasteiger partial charge >= 0.3 is 7.12 Å². The Morgan fingerprint density at radius 2 is 2.08 bits per heavy atom. The minimum absolute atomic E-state index is 0.0330. The molecule has 70 valence electrons. The summed E-state index contributed by atoms with van der Waals surface area (Å²) in [4.78, 5) is 0. The number of hydrogen-bond acceptors (Lipinski definition) is 3. The van der Waals surface area contributed by atoms with E-state index in [0.717, 1.165) is 6.07 Å². The average molecular weight is 204 g/mol. The van der Waals surface area contributed by atoms with Crippen molar-refractivity contribution in [3.05, 3.63) is 23.0 Å². The lowest BCUT2D eigenvalue weighted by molar-refractivity contribution is 0.386. The zero-order chi connectivity index (χ0) is 10.0. The van der Waals surface area contributed by atoms with E-state index in [1.165, 1.54) is 13.2 Å². The van der Waals surface area contributed by atoms with Gasteiger partial charge in [0.1, 0.15) is 0 Å². The number of ether oxygens (including phenoxy) is 1. The van der Waals surface area contributed by atoms with E-state index >= 15 is 0 Å². The van der Waals surface area contributed by atoms with Crippen LogP contribution in [0, 0.1) is 5.82 Å². The second-order valence-electron chi connectivity index (χ2n) is 2.38. The molecule has 1 rings (SSSR count). The number of methoxy groups -OCH3 is 1. The van der Waals surface area contributed by atoms with E-state index in [4.69, 9.17) is 21.6 Å². The van der Waals surface area contributed by atoms with Gasteiger partial charge in [-0.25, -0.2) is 4.39 Å².